The van der Waals surface area contributed by atoms with Gasteiger partial charge in [-0.2, -0.15) is 4.31 Å². The molecule has 1 aliphatic rings. The fourth-order valence-electron chi connectivity index (χ4n) is 3.38. The minimum atomic E-state index is -3.85. The maximum Gasteiger partial charge on any atom is 0.274 e. The van der Waals surface area contributed by atoms with Crippen LogP contribution in [0, 0.1) is 22.9 Å². The lowest BCUT2D eigenvalue weighted by molar-refractivity contribution is -0.385. The summed E-state index contributed by atoms with van der Waals surface area (Å²) in [7, 11) is -3.85. The van der Waals surface area contributed by atoms with Gasteiger partial charge in [0.25, 0.3) is 10.9 Å². The highest BCUT2D eigenvalue weighted by Crippen LogP contribution is 2.31. The fraction of sp³-hybridized carbons (Fsp3) is 0.316. The molecule has 1 aromatic heterocycles. The van der Waals surface area contributed by atoms with Crippen molar-refractivity contribution in [2.45, 2.75) is 30.8 Å². The van der Waals surface area contributed by atoms with Crippen molar-refractivity contribution in [1.82, 2.24) is 9.29 Å². The lowest BCUT2D eigenvalue weighted by atomic mass is 10.1. The van der Waals surface area contributed by atoms with Gasteiger partial charge in [0, 0.05) is 25.2 Å². The molecule has 1 fully saturated rings. The number of aromatic nitrogens is 1. The van der Waals surface area contributed by atoms with Crippen LogP contribution in [0.4, 0.5) is 10.1 Å². The number of rotatable bonds is 5. The summed E-state index contributed by atoms with van der Waals surface area (Å²) in [6, 6.07) is 8.16. The topological polar surface area (TPSA) is 103 Å². The number of hydrogen-bond donors (Lipinski definition) is 0. The number of nitro benzene ring substituents is 1. The van der Waals surface area contributed by atoms with Crippen LogP contribution in [0.3, 0.4) is 0 Å². The van der Waals surface area contributed by atoms with Crippen molar-refractivity contribution in [3.63, 3.8) is 0 Å². The van der Waals surface area contributed by atoms with Crippen molar-refractivity contribution < 1.29 is 22.5 Å². The predicted molar refractivity (Wildman–Crippen MR) is 110 cm³/mol. The molecule has 0 amide bonds. The van der Waals surface area contributed by atoms with Gasteiger partial charge < -0.3 is 4.74 Å². The monoisotopic (exact) mass is 451 g/mol. The number of hydrogen-bond acceptors (Lipinski definition) is 7. The van der Waals surface area contributed by atoms with E-state index >= 15 is 0 Å². The first-order valence-electron chi connectivity index (χ1n) is 9.22. The first kappa shape index (κ1) is 20.6. The van der Waals surface area contributed by atoms with Crippen molar-refractivity contribution in [2.75, 3.05) is 13.1 Å². The molecule has 3 aromatic rings. The van der Waals surface area contributed by atoms with Gasteiger partial charge in [0.05, 0.1) is 20.0 Å². The molecule has 4 rings (SSSR count). The minimum absolute atomic E-state index is 0.0516. The smallest absolute Gasteiger partial charge is 0.274 e. The summed E-state index contributed by atoms with van der Waals surface area (Å²) in [6.45, 7) is 2.08. The van der Waals surface area contributed by atoms with Crippen LogP contribution in [0.2, 0.25) is 0 Å². The van der Waals surface area contributed by atoms with Gasteiger partial charge in [0.1, 0.15) is 11.9 Å². The quantitative estimate of drug-likeness (QED) is 0.431. The Morgan fingerprint density at radius 2 is 1.97 bits per heavy atom. The Bertz CT molecular complexity index is 1220. The van der Waals surface area contributed by atoms with Gasteiger partial charge in [-0.3, -0.25) is 10.1 Å². The summed E-state index contributed by atoms with van der Waals surface area (Å²) in [4.78, 5) is 14.7. The van der Waals surface area contributed by atoms with E-state index in [1.807, 2.05) is 0 Å². The number of nitro groups is 1. The van der Waals surface area contributed by atoms with Gasteiger partial charge in [0.2, 0.25) is 10.0 Å². The maximum absolute atomic E-state index is 13.3. The number of nitrogens with zero attached hydrogens (tertiary/aromatic N) is 3. The van der Waals surface area contributed by atoms with Crippen LogP contribution >= 0.6 is 11.3 Å². The number of sulfonamides is 1. The Morgan fingerprint density at radius 1 is 1.23 bits per heavy atom. The molecule has 30 heavy (non-hydrogen) atoms. The van der Waals surface area contributed by atoms with E-state index in [2.05, 4.69) is 4.98 Å². The molecule has 1 saturated heterocycles. The van der Waals surface area contributed by atoms with E-state index in [1.54, 1.807) is 13.0 Å². The van der Waals surface area contributed by atoms with Gasteiger partial charge in [0.15, 0.2) is 0 Å². The van der Waals surface area contributed by atoms with Crippen LogP contribution < -0.4 is 4.74 Å². The summed E-state index contributed by atoms with van der Waals surface area (Å²) in [5.74, 6) is -0.340. The Hall–Kier alpha value is -2.63. The molecule has 11 heteroatoms. The van der Waals surface area contributed by atoms with E-state index in [0.717, 1.165) is 6.07 Å². The van der Waals surface area contributed by atoms with Crippen molar-refractivity contribution >= 4 is 37.3 Å². The van der Waals surface area contributed by atoms with Crippen LogP contribution in [0.5, 0.6) is 5.19 Å². The highest BCUT2D eigenvalue weighted by atomic mass is 32.2. The highest BCUT2D eigenvalue weighted by Gasteiger charge is 2.32. The molecule has 2 heterocycles. The molecule has 0 unspecified atom stereocenters. The van der Waals surface area contributed by atoms with Crippen molar-refractivity contribution in [1.29, 1.82) is 0 Å². The Balaban J connectivity index is 1.46. The standard InChI is InChI=1S/C19H18FN3O5S2/c1-12-2-4-14(23(24)25)11-18(12)30(26,27)22-8-6-15(7-9-22)28-19-21-16-5-3-13(20)10-17(16)29-19/h2-5,10-11,15H,6-9H2,1H3. The van der Waals surface area contributed by atoms with Gasteiger partial charge in [-0.1, -0.05) is 17.4 Å². The molecule has 0 atom stereocenters. The summed E-state index contributed by atoms with van der Waals surface area (Å²) in [5, 5.41) is 11.4. The number of fused-ring (bicyclic) bond motifs is 1. The minimum Gasteiger partial charge on any atom is -0.467 e. The van der Waals surface area contributed by atoms with Gasteiger partial charge in [-0.15, -0.1) is 0 Å². The molecule has 0 radical (unpaired) electrons. The maximum atomic E-state index is 13.3. The number of ether oxygens (including phenoxy) is 1. The zero-order chi connectivity index (χ0) is 21.5. The van der Waals surface area contributed by atoms with Gasteiger partial charge in [-0.05, 0) is 43.5 Å². The number of benzene rings is 2. The average Bonchev–Trinajstić information content (AvgIpc) is 3.09. The number of piperidine rings is 1. The van der Waals surface area contributed by atoms with Crippen LogP contribution in [-0.4, -0.2) is 41.8 Å². The second-order valence-electron chi connectivity index (χ2n) is 7.02. The van der Waals surface area contributed by atoms with Crippen LogP contribution in [0.1, 0.15) is 18.4 Å². The van der Waals surface area contributed by atoms with E-state index in [-0.39, 0.29) is 35.6 Å². The molecule has 0 N–H and O–H groups in total. The van der Waals surface area contributed by atoms with E-state index in [4.69, 9.17) is 4.74 Å². The zero-order valence-electron chi connectivity index (χ0n) is 15.9. The molecular formula is C19H18FN3O5S2. The van der Waals surface area contributed by atoms with Gasteiger partial charge >= 0.3 is 0 Å². The molecule has 8 nitrogen and oxygen atoms in total. The number of halogens is 1. The van der Waals surface area contributed by atoms with Crippen LogP contribution in [-0.2, 0) is 10.0 Å². The summed E-state index contributed by atoms with van der Waals surface area (Å²) >= 11 is 1.25. The SMILES string of the molecule is Cc1ccc([N+](=O)[O-])cc1S(=O)(=O)N1CCC(Oc2nc3ccc(F)cc3s2)CC1. The van der Waals surface area contributed by atoms with E-state index in [1.165, 1.54) is 39.9 Å². The molecule has 1 aliphatic heterocycles. The first-order chi connectivity index (χ1) is 14.2. The summed E-state index contributed by atoms with van der Waals surface area (Å²) in [6.07, 6.45) is 0.697. The molecule has 2 aromatic carbocycles. The van der Waals surface area contributed by atoms with Crippen molar-refractivity contribution in [2.24, 2.45) is 0 Å². The number of aryl methyl sites for hydroxylation is 1. The third-order valence-electron chi connectivity index (χ3n) is 5.00. The Labute approximate surface area is 176 Å². The first-order valence-corrected chi connectivity index (χ1v) is 11.5. The molecule has 0 saturated carbocycles. The van der Waals surface area contributed by atoms with E-state index in [0.29, 0.717) is 33.8 Å². The third-order valence-corrected chi connectivity index (χ3v) is 7.95. The summed E-state index contributed by atoms with van der Waals surface area (Å²) < 4.78 is 47.3. The molecule has 0 aliphatic carbocycles. The van der Waals surface area contributed by atoms with E-state index < -0.39 is 14.9 Å². The fourth-order valence-corrected chi connectivity index (χ4v) is 6.00. The Kier molecular flexibility index (Phi) is 5.43. The predicted octanol–water partition coefficient (Wildman–Crippen LogP) is 3.88. The largest absolute Gasteiger partial charge is 0.467 e. The van der Waals surface area contributed by atoms with Gasteiger partial charge in [-0.25, -0.2) is 17.8 Å². The highest BCUT2D eigenvalue weighted by molar-refractivity contribution is 7.89. The summed E-state index contributed by atoms with van der Waals surface area (Å²) in [5.41, 5.74) is 0.850. The van der Waals surface area contributed by atoms with E-state index in [9.17, 15) is 22.9 Å². The second kappa shape index (κ2) is 7.89. The van der Waals surface area contributed by atoms with Crippen molar-refractivity contribution in [3.8, 4) is 5.19 Å². The van der Waals surface area contributed by atoms with Crippen LogP contribution in [0.25, 0.3) is 10.2 Å². The third kappa shape index (κ3) is 4.00. The lowest BCUT2D eigenvalue weighted by Gasteiger charge is -2.31. The normalized spacial score (nSPS) is 16.1. The molecule has 158 valence electrons. The zero-order valence-corrected chi connectivity index (χ0v) is 17.6. The lowest BCUT2D eigenvalue weighted by Crippen LogP contribution is -2.41. The molecular weight excluding hydrogens is 433 g/mol. The Morgan fingerprint density at radius 3 is 2.67 bits per heavy atom. The average molecular weight is 452 g/mol. The number of non-ortho nitro benzene ring substituents is 1. The van der Waals surface area contributed by atoms with Crippen LogP contribution in [0.15, 0.2) is 41.3 Å². The molecule has 0 bridgehead atoms. The number of thiazole rings is 1. The second-order valence-corrected chi connectivity index (χ2v) is 9.92. The van der Waals surface area contributed by atoms with Crippen molar-refractivity contribution in [3.05, 3.63) is 57.9 Å². The molecule has 0 spiro atoms.